The second kappa shape index (κ2) is 14.7. The van der Waals surface area contributed by atoms with Crippen LogP contribution in [0.5, 0.6) is 17.2 Å². The van der Waals surface area contributed by atoms with Crippen LogP contribution in [-0.2, 0) is 11.3 Å². The molecular formula is C36H36N6O6S. The van der Waals surface area contributed by atoms with Crippen LogP contribution in [0.1, 0.15) is 51.1 Å². The fourth-order valence-corrected chi connectivity index (χ4v) is 6.51. The summed E-state index contributed by atoms with van der Waals surface area (Å²) in [5.74, 6) is 1.95. The topological polar surface area (TPSA) is 133 Å². The number of thioether (sulfide) groups is 1. The number of furan rings is 1. The number of hydrazone groups is 1. The van der Waals surface area contributed by atoms with Gasteiger partial charge in [-0.15, -0.1) is 10.2 Å². The molecule has 0 aliphatic carbocycles. The van der Waals surface area contributed by atoms with Gasteiger partial charge in [-0.2, -0.15) is 5.10 Å². The number of nitrogens with one attached hydrogen (secondary N) is 1. The van der Waals surface area contributed by atoms with Crippen molar-refractivity contribution in [3.63, 3.8) is 0 Å². The van der Waals surface area contributed by atoms with Gasteiger partial charge in [0, 0.05) is 12.0 Å². The zero-order valence-electron chi connectivity index (χ0n) is 27.8. The first-order valence-electron chi connectivity index (χ1n) is 15.5. The molecule has 0 spiro atoms. The zero-order chi connectivity index (χ0) is 34.5. The fraction of sp³-hybridized carbons (Fsp3) is 0.250. The van der Waals surface area contributed by atoms with Gasteiger partial charge in [0.2, 0.25) is 0 Å². The van der Waals surface area contributed by atoms with E-state index in [-0.39, 0.29) is 29.9 Å². The summed E-state index contributed by atoms with van der Waals surface area (Å²) in [6, 6.07) is 22.0. The van der Waals surface area contributed by atoms with E-state index in [0.29, 0.717) is 28.9 Å². The van der Waals surface area contributed by atoms with Gasteiger partial charge in [0.25, 0.3) is 11.8 Å². The summed E-state index contributed by atoms with van der Waals surface area (Å²) < 4.78 is 23.8. The van der Waals surface area contributed by atoms with Crippen molar-refractivity contribution in [2.75, 3.05) is 27.1 Å². The molecule has 1 atom stereocenters. The Hall–Kier alpha value is -5.56. The first-order chi connectivity index (χ1) is 23.8. The summed E-state index contributed by atoms with van der Waals surface area (Å²) in [6.45, 7) is 4.13. The van der Waals surface area contributed by atoms with Crippen LogP contribution in [0.3, 0.4) is 0 Å². The molecule has 5 aromatic rings. The Labute approximate surface area is 288 Å². The average molecular weight is 681 g/mol. The number of carbonyl (C=O) groups excluding carboxylic acids is 2. The number of hydrogen-bond donors (Lipinski definition) is 1. The molecule has 3 heterocycles. The number of benzene rings is 3. The molecule has 3 aromatic carbocycles. The Morgan fingerprint density at radius 3 is 2.45 bits per heavy atom. The van der Waals surface area contributed by atoms with Crippen molar-refractivity contribution in [3.8, 4) is 22.9 Å². The third-order valence-corrected chi connectivity index (χ3v) is 9.29. The maximum Gasteiger partial charge on any atom is 0.287 e. The van der Waals surface area contributed by atoms with Gasteiger partial charge in [-0.05, 0) is 79.1 Å². The molecular weight excluding hydrogens is 644 g/mol. The van der Waals surface area contributed by atoms with E-state index < -0.39 is 6.04 Å². The monoisotopic (exact) mass is 680 g/mol. The predicted octanol–water partition coefficient (Wildman–Crippen LogP) is 5.90. The fourth-order valence-electron chi connectivity index (χ4n) is 5.69. The summed E-state index contributed by atoms with van der Waals surface area (Å²) in [4.78, 5) is 26.8. The van der Waals surface area contributed by atoms with Gasteiger partial charge in [0.15, 0.2) is 28.2 Å². The smallest absolute Gasteiger partial charge is 0.287 e. The van der Waals surface area contributed by atoms with Gasteiger partial charge >= 0.3 is 0 Å². The lowest BCUT2D eigenvalue weighted by Gasteiger charge is -2.24. The molecule has 0 bridgehead atoms. The molecule has 0 radical (unpaired) electrons. The van der Waals surface area contributed by atoms with E-state index in [2.05, 4.69) is 15.5 Å². The van der Waals surface area contributed by atoms with E-state index in [0.717, 1.165) is 39.4 Å². The van der Waals surface area contributed by atoms with Crippen molar-refractivity contribution in [3.05, 3.63) is 113 Å². The largest absolute Gasteiger partial charge is 0.497 e. The van der Waals surface area contributed by atoms with Crippen LogP contribution in [0.4, 0.5) is 0 Å². The number of ether oxygens (including phenoxy) is 3. The van der Waals surface area contributed by atoms with Crippen molar-refractivity contribution in [2.45, 2.75) is 38.0 Å². The second-order valence-electron chi connectivity index (χ2n) is 11.2. The van der Waals surface area contributed by atoms with E-state index in [1.54, 1.807) is 33.5 Å². The van der Waals surface area contributed by atoms with Crippen LogP contribution in [0.2, 0.25) is 0 Å². The molecule has 1 aliphatic heterocycles. The highest BCUT2D eigenvalue weighted by Crippen LogP contribution is 2.42. The highest BCUT2D eigenvalue weighted by atomic mass is 32.2. The number of rotatable bonds is 12. The number of nitrogens with zero attached hydrogens (tertiary/aromatic N) is 5. The van der Waals surface area contributed by atoms with Gasteiger partial charge in [0.05, 0.1) is 57.3 Å². The quantitative estimate of drug-likeness (QED) is 0.160. The molecule has 252 valence electrons. The predicted molar refractivity (Wildman–Crippen MR) is 185 cm³/mol. The van der Waals surface area contributed by atoms with Gasteiger partial charge in [0.1, 0.15) is 5.75 Å². The minimum Gasteiger partial charge on any atom is -0.497 e. The lowest BCUT2D eigenvalue weighted by molar-refractivity contribution is -0.130. The summed E-state index contributed by atoms with van der Waals surface area (Å²) in [5.41, 5.74) is 5.36. The van der Waals surface area contributed by atoms with Crippen molar-refractivity contribution in [2.24, 2.45) is 5.10 Å². The molecule has 0 fully saturated rings. The number of amides is 2. The van der Waals surface area contributed by atoms with Crippen LogP contribution in [0.15, 0.2) is 93.7 Å². The third-order valence-electron chi connectivity index (χ3n) is 8.38. The first kappa shape index (κ1) is 33.3. The first-order valence-corrected chi connectivity index (χ1v) is 16.5. The van der Waals surface area contributed by atoms with Crippen molar-refractivity contribution < 1.29 is 28.2 Å². The molecule has 0 unspecified atom stereocenters. The van der Waals surface area contributed by atoms with Crippen molar-refractivity contribution in [1.29, 1.82) is 0 Å². The highest BCUT2D eigenvalue weighted by Gasteiger charge is 2.36. The van der Waals surface area contributed by atoms with E-state index >= 15 is 0 Å². The number of para-hydroxylation sites is 1. The Kier molecular flexibility index (Phi) is 10.00. The molecule has 1 aliphatic rings. The molecule has 13 heteroatoms. The van der Waals surface area contributed by atoms with E-state index in [1.165, 1.54) is 23.0 Å². The number of hydrogen-bond acceptors (Lipinski definition) is 10. The molecule has 49 heavy (non-hydrogen) atoms. The minimum absolute atomic E-state index is 0.0178. The van der Waals surface area contributed by atoms with Gasteiger partial charge in [-0.1, -0.05) is 36.0 Å². The number of carbonyl (C=O) groups is 2. The van der Waals surface area contributed by atoms with E-state index in [1.807, 2.05) is 79.1 Å². The number of aromatic nitrogens is 3. The lowest BCUT2D eigenvalue weighted by Crippen LogP contribution is -2.29. The Morgan fingerprint density at radius 2 is 1.73 bits per heavy atom. The van der Waals surface area contributed by atoms with Gasteiger partial charge in [-0.3, -0.25) is 14.2 Å². The molecule has 2 amide bonds. The van der Waals surface area contributed by atoms with Crippen molar-refractivity contribution >= 4 is 29.3 Å². The summed E-state index contributed by atoms with van der Waals surface area (Å²) in [6.07, 6.45) is 1.91. The average Bonchev–Trinajstić information content (AvgIpc) is 3.91. The minimum atomic E-state index is -0.445. The summed E-state index contributed by atoms with van der Waals surface area (Å²) >= 11 is 1.25. The molecule has 0 saturated heterocycles. The molecule has 1 N–H and O–H groups in total. The maximum absolute atomic E-state index is 14.1. The molecule has 0 saturated carbocycles. The molecule has 2 aromatic heterocycles. The van der Waals surface area contributed by atoms with E-state index in [9.17, 15) is 9.59 Å². The Balaban J connectivity index is 1.30. The summed E-state index contributed by atoms with van der Waals surface area (Å²) in [7, 11) is 4.78. The van der Waals surface area contributed by atoms with Crippen LogP contribution in [0.25, 0.3) is 5.69 Å². The molecule has 6 rings (SSSR count). The van der Waals surface area contributed by atoms with Crippen LogP contribution in [-0.4, -0.2) is 64.4 Å². The standard InChI is InChI=1S/C36H36N6O6S/c1-22-9-6-11-28(23(22)2)41-32(20-37-35(44)31-13-8-18-48-31)38-39-36(41)49-21-33(43)42-29(26-10-7-12-30(46-4)34(26)47-5)19-27(40-42)24-14-16-25(45-3)17-15-24/h6-18,29H,19-21H2,1-5H3,(H,37,44)/t29-/m1/s1. The van der Waals surface area contributed by atoms with Gasteiger partial charge in [-0.25, -0.2) is 5.01 Å². The van der Waals surface area contributed by atoms with Crippen molar-refractivity contribution in [1.82, 2.24) is 25.1 Å². The van der Waals surface area contributed by atoms with Crippen LogP contribution >= 0.6 is 11.8 Å². The zero-order valence-corrected chi connectivity index (χ0v) is 28.6. The highest BCUT2D eigenvalue weighted by molar-refractivity contribution is 7.99. The SMILES string of the molecule is COc1ccc(C2=NN(C(=O)CSc3nnc(CNC(=O)c4ccco4)n3-c3cccc(C)c3C)[C@@H](c3cccc(OC)c3OC)C2)cc1. The Bertz CT molecular complexity index is 1990. The summed E-state index contributed by atoms with van der Waals surface area (Å²) in [5, 5.41) is 18.6. The lowest BCUT2D eigenvalue weighted by atomic mass is 9.97. The maximum atomic E-state index is 14.1. The second-order valence-corrected chi connectivity index (χ2v) is 12.2. The third kappa shape index (κ3) is 6.88. The number of methoxy groups -OCH3 is 3. The molecule has 12 nitrogen and oxygen atoms in total. The van der Waals surface area contributed by atoms with Gasteiger partial charge < -0.3 is 23.9 Å². The van der Waals surface area contributed by atoms with E-state index in [4.69, 9.17) is 23.7 Å². The normalized spacial score (nSPS) is 14.0. The van der Waals surface area contributed by atoms with Crippen LogP contribution in [0, 0.1) is 13.8 Å². The van der Waals surface area contributed by atoms with Crippen LogP contribution < -0.4 is 19.5 Å². The Morgan fingerprint density at radius 1 is 0.939 bits per heavy atom. The number of aryl methyl sites for hydroxylation is 1.